The van der Waals surface area contributed by atoms with E-state index in [2.05, 4.69) is 20.8 Å². The van der Waals surface area contributed by atoms with Gasteiger partial charge in [0.1, 0.15) is 12.1 Å². The Morgan fingerprint density at radius 2 is 2.25 bits per heavy atom. The second kappa shape index (κ2) is 5.88. The number of carbonyl (C=O) groups excluding carboxylic acids is 1. The number of aromatic nitrogens is 2. The molecule has 1 fully saturated rings. The fourth-order valence-corrected chi connectivity index (χ4v) is 1.83. The highest BCUT2D eigenvalue weighted by atomic mass is 16.5. The van der Waals surface area contributed by atoms with Crippen molar-refractivity contribution in [1.29, 1.82) is 0 Å². The van der Waals surface area contributed by atoms with Crippen molar-refractivity contribution in [3.05, 3.63) is 11.7 Å². The molecule has 7 nitrogen and oxygen atoms in total. The highest BCUT2D eigenvalue weighted by Gasteiger charge is 2.26. The molecule has 1 aliphatic heterocycles. The molecule has 1 saturated heterocycles. The zero-order chi connectivity index (χ0) is 14.8. The van der Waals surface area contributed by atoms with Gasteiger partial charge in [-0.1, -0.05) is 25.9 Å². The Kier molecular flexibility index (Phi) is 4.39. The number of nitrogens with one attached hydrogen (secondary N) is 2. The van der Waals surface area contributed by atoms with Crippen molar-refractivity contribution in [3.8, 4) is 0 Å². The van der Waals surface area contributed by atoms with E-state index in [1.165, 1.54) is 0 Å². The van der Waals surface area contributed by atoms with Crippen LogP contribution < -0.4 is 10.6 Å². The van der Waals surface area contributed by atoms with E-state index in [1.807, 2.05) is 27.7 Å². The lowest BCUT2D eigenvalue weighted by molar-refractivity contribution is -0.126. The third-order valence-electron chi connectivity index (χ3n) is 3.08. The van der Waals surface area contributed by atoms with Crippen molar-refractivity contribution in [1.82, 2.24) is 20.8 Å². The topological polar surface area (TPSA) is 89.3 Å². The van der Waals surface area contributed by atoms with Gasteiger partial charge in [-0.25, -0.2) is 0 Å². The number of carbonyl (C=O) groups is 1. The summed E-state index contributed by atoms with van der Waals surface area (Å²) in [5, 5.41) is 9.91. The van der Waals surface area contributed by atoms with E-state index >= 15 is 0 Å². The van der Waals surface area contributed by atoms with Gasteiger partial charge in [0.05, 0.1) is 13.2 Å². The van der Waals surface area contributed by atoms with Crippen LogP contribution >= 0.6 is 0 Å². The average Bonchev–Trinajstić information content (AvgIpc) is 2.89. The molecule has 2 N–H and O–H groups in total. The van der Waals surface area contributed by atoms with Gasteiger partial charge in [-0.2, -0.15) is 4.98 Å². The lowest BCUT2D eigenvalue weighted by Crippen LogP contribution is -2.51. The molecule has 0 aliphatic carbocycles. The molecule has 0 bridgehead atoms. The molecule has 2 heterocycles. The maximum absolute atomic E-state index is 12.0. The van der Waals surface area contributed by atoms with Crippen LogP contribution in [0.1, 0.15) is 45.5 Å². The second-order valence-electron chi connectivity index (χ2n) is 6.02. The van der Waals surface area contributed by atoms with Gasteiger partial charge in [-0.3, -0.25) is 4.79 Å². The minimum Gasteiger partial charge on any atom is -0.378 e. The van der Waals surface area contributed by atoms with E-state index in [-0.39, 0.29) is 23.4 Å². The molecule has 1 aliphatic rings. The Balaban J connectivity index is 1.95. The predicted octanol–water partition coefficient (Wildman–Crippen LogP) is 0.533. The summed E-state index contributed by atoms with van der Waals surface area (Å²) in [7, 11) is 0. The highest BCUT2D eigenvalue weighted by Crippen LogP contribution is 2.20. The van der Waals surface area contributed by atoms with E-state index in [0.29, 0.717) is 31.5 Å². The summed E-state index contributed by atoms with van der Waals surface area (Å²) in [5.41, 5.74) is -0.176. The van der Waals surface area contributed by atoms with Crippen molar-refractivity contribution in [2.24, 2.45) is 0 Å². The van der Waals surface area contributed by atoms with Gasteiger partial charge >= 0.3 is 0 Å². The number of rotatable bonds is 3. The molecular weight excluding hydrogens is 260 g/mol. The zero-order valence-corrected chi connectivity index (χ0v) is 12.4. The summed E-state index contributed by atoms with van der Waals surface area (Å²) < 4.78 is 10.5. The highest BCUT2D eigenvalue weighted by molar-refractivity contribution is 5.82. The van der Waals surface area contributed by atoms with Crippen LogP contribution in [0.2, 0.25) is 0 Å². The van der Waals surface area contributed by atoms with Crippen molar-refractivity contribution < 1.29 is 14.1 Å². The molecule has 0 aromatic carbocycles. The number of nitrogens with zero attached hydrogens (tertiary/aromatic N) is 2. The van der Waals surface area contributed by atoms with Gasteiger partial charge in [0.15, 0.2) is 5.82 Å². The van der Waals surface area contributed by atoms with Crippen LogP contribution in [-0.2, 0) is 14.9 Å². The Morgan fingerprint density at radius 1 is 1.50 bits per heavy atom. The van der Waals surface area contributed by atoms with Crippen LogP contribution in [0, 0.1) is 0 Å². The van der Waals surface area contributed by atoms with Crippen molar-refractivity contribution in [3.63, 3.8) is 0 Å². The first kappa shape index (κ1) is 14.9. The van der Waals surface area contributed by atoms with Gasteiger partial charge in [0, 0.05) is 12.0 Å². The van der Waals surface area contributed by atoms with E-state index < -0.39 is 0 Å². The summed E-state index contributed by atoms with van der Waals surface area (Å²) in [6, 6.07) is -0.647. The lowest BCUT2D eigenvalue weighted by atomic mass is 9.96. The molecule has 7 heteroatoms. The Hall–Kier alpha value is -1.47. The molecule has 1 amide bonds. The van der Waals surface area contributed by atoms with Gasteiger partial charge in [0.2, 0.25) is 11.8 Å². The first-order valence-electron chi connectivity index (χ1n) is 6.83. The van der Waals surface area contributed by atoms with Crippen molar-refractivity contribution in [2.45, 2.75) is 45.2 Å². The first-order chi connectivity index (χ1) is 9.38. The Labute approximate surface area is 118 Å². The second-order valence-corrected chi connectivity index (χ2v) is 6.02. The van der Waals surface area contributed by atoms with E-state index in [0.717, 1.165) is 0 Å². The van der Waals surface area contributed by atoms with Crippen LogP contribution in [0.25, 0.3) is 0 Å². The number of hydrogen-bond donors (Lipinski definition) is 2. The first-order valence-corrected chi connectivity index (χ1v) is 6.83. The van der Waals surface area contributed by atoms with Crippen LogP contribution in [-0.4, -0.2) is 41.8 Å². The predicted molar refractivity (Wildman–Crippen MR) is 72.2 cm³/mol. The third-order valence-corrected chi connectivity index (χ3v) is 3.08. The molecule has 0 saturated carbocycles. The molecule has 112 valence electrons. The Bertz CT molecular complexity index is 460. The van der Waals surface area contributed by atoms with Gasteiger partial charge in [0.25, 0.3) is 0 Å². The summed E-state index contributed by atoms with van der Waals surface area (Å²) in [6.45, 7) is 9.55. The molecule has 2 unspecified atom stereocenters. The minimum absolute atomic E-state index is 0.118. The molecule has 20 heavy (non-hydrogen) atoms. The maximum atomic E-state index is 12.0. The fraction of sp³-hybridized carbons (Fsp3) is 0.769. The monoisotopic (exact) mass is 282 g/mol. The molecular formula is C13H22N4O3. The smallest absolute Gasteiger partial charge is 0.248 e. The Morgan fingerprint density at radius 3 is 2.80 bits per heavy atom. The van der Waals surface area contributed by atoms with Crippen LogP contribution in [0.5, 0.6) is 0 Å². The fourth-order valence-electron chi connectivity index (χ4n) is 1.83. The van der Waals surface area contributed by atoms with E-state index in [1.54, 1.807) is 0 Å². The average molecular weight is 282 g/mol. The van der Waals surface area contributed by atoms with Crippen LogP contribution in [0.3, 0.4) is 0 Å². The third kappa shape index (κ3) is 3.55. The lowest BCUT2D eigenvalue weighted by Gasteiger charge is -2.23. The molecule has 1 aromatic heterocycles. The standard InChI is InChI=1S/C13H22N4O3/c1-8(11-16-12(17-20-11)13(2,3)4)15-10(18)9-7-19-6-5-14-9/h8-9,14H,5-7H2,1-4H3,(H,15,18). The summed E-state index contributed by atoms with van der Waals surface area (Å²) in [5.74, 6) is 0.931. The molecule has 0 spiro atoms. The van der Waals surface area contributed by atoms with Gasteiger partial charge < -0.3 is 19.9 Å². The summed E-state index contributed by atoms with van der Waals surface area (Å²) in [4.78, 5) is 16.4. The van der Waals surface area contributed by atoms with Crippen LogP contribution in [0.15, 0.2) is 4.52 Å². The molecule has 2 atom stereocenters. The quantitative estimate of drug-likeness (QED) is 0.840. The minimum atomic E-state index is -0.324. The SMILES string of the molecule is CC(NC(=O)C1COCCN1)c1nc(C(C)(C)C)no1. The van der Waals surface area contributed by atoms with Gasteiger partial charge in [-0.15, -0.1) is 0 Å². The maximum Gasteiger partial charge on any atom is 0.248 e. The van der Waals surface area contributed by atoms with E-state index in [4.69, 9.17) is 9.26 Å². The molecule has 1 aromatic rings. The van der Waals surface area contributed by atoms with E-state index in [9.17, 15) is 4.79 Å². The zero-order valence-electron chi connectivity index (χ0n) is 12.4. The van der Waals surface area contributed by atoms with Crippen molar-refractivity contribution >= 4 is 5.91 Å². The molecule has 0 radical (unpaired) electrons. The number of ether oxygens (including phenoxy) is 1. The normalized spacial score (nSPS) is 21.5. The number of amides is 1. The summed E-state index contributed by atoms with van der Waals surface area (Å²) >= 11 is 0. The van der Waals surface area contributed by atoms with Gasteiger partial charge in [-0.05, 0) is 6.92 Å². The summed E-state index contributed by atoms with van der Waals surface area (Å²) in [6.07, 6.45) is 0. The molecule has 2 rings (SSSR count). The van der Waals surface area contributed by atoms with Crippen LogP contribution in [0.4, 0.5) is 0 Å². The van der Waals surface area contributed by atoms with Crippen molar-refractivity contribution in [2.75, 3.05) is 19.8 Å². The largest absolute Gasteiger partial charge is 0.378 e. The number of morpholine rings is 1. The number of hydrogen-bond acceptors (Lipinski definition) is 6.